The quantitative estimate of drug-likeness (QED) is 0.773. The van der Waals surface area contributed by atoms with Crippen molar-refractivity contribution in [3.8, 4) is 0 Å². The fourth-order valence-electron chi connectivity index (χ4n) is 1.02. The van der Waals surface area contributed by atoms with Gasteiger partial charge in [0.05, 0.1) is 5.56 Å². The molecule has 2 N–H and O–H groups in total. The van der Waals surface area contributed by atoms with Crippen molar-refractivity contribution in [3.63, 3.8) is 0 Å². The summed E-state index contributed by atoms with van der Waals surface area (Å²) in [6.45, 7) is 0. The van der Waals surface area contributed by atoms with E-state index in [-0.39, 0.29) is 5.56 Å². The molecule has 0 amide bonds. The van der Waals surface area contributed by atoms with Gasteiger partial charge in [0.25, 0.3) is 0 Å². The molecule has 0 heterocycles. The third kappa shape index (κ3) is 2.63. The van der Waals surface area contributed by atoms with E-state index < -0.39 is 29.1 Å². The number of carboxylic acids is 2. The maximum Gasteiger partial charge on any atom is 0.338 e. The molecule has 0 radical (unpaired) electrons. The monoisotopic (exact) mass is 228 g/mol. The van der Waals surface area contributed by atoms with Crippen molar-refractivity contribution in [2.45, 2.75) is 0 Å². The predicted octanol–water partition coefficient (Wildman–Crippen LogP) is 1.76. The molecule has 16 heavy (non-hydrogen) atoms. The van der Waals surface area contributed by atoms with Crippen LogP contribution in [0.2, 0.25) is 0 Å². The Bertz CT molecular complexity index is 480. The first kappa shape index (κ1) is 11.8. The van der Waals surface area contributed by atoms with E-state index in [1.54, 1.807) is 0 Å². The van der Waals surface area contributed by atoms with Gasteiger partial charge in [-0.25, -0.2) is 18.4 Å². The Balaban J connectivity index is 3.25. The second-order valence-electron chi connectivity index (χ2n) is 2.83. The molecule has 0 aromatic heterocycles. The number of aromatic carboxylic acids is 1. The average molecular weight is 228 g/mol. The molecule has 84 valence electrons. The summed E-state index contributed by atoms with van der Waals surface area (Å²) in [4.78, 5) is 20.7. The number of aliphatic carboxylic acids is 1. The maximum atomic E-state index is 13.1. The van der Waals surface area contributed by atoms with Crippen LogP contribution in [0.4, 0.5) is 8.78 Å². The summed E-state index contributed by atoms with van der Waals surface area (Å²) >= 11 is 0. The molecule has 0 aliphatic carbocycles. The summed E-state index contributed by atoms with van der Waals surface area (Å²) < 4.78 is 26.0. The van der Waals surface area contributed by atoms with Gasteiger partial charge in [0.15, 0.2) is 0 Å². The van der Waals surface area contributed by atoms with E-state index in [0.29, 0.717) is 12.1 Å². The second-order valence-corrected chi connectivity index (χ2v) is 2.83. The average Bonchev–Trinajstić information content (AvgIpc) is 2.15. The highest BCUT2D eigenvalue weighted by molar-refractivity contribution is 5.90. The highest BCUT2D eigenvalue weighted by Gasteiger charge is 2.13. The van der Waals surface area contributed by atoms with Crippen LogP contribution in [0, 0.1) is 11.6 Å². The van der Waals surface area contributed by atoms with Crippen molar-refractivity contribution in [2.24, 2.45) is 0 Å². The Morgan fingerprint density at radius 2 is 1.75 bits per heavy atom. The van der Waals surface area contributed by atoms with Crippen LogP contribution in [0.1, 0.15) is 15.9 Å². The minimum atomic E-state index is -1.55. The van der Waals surface area contributed by atoms with E-state index in [1.165, 1.54) is 0 Å². The Kier molecular flexibility index (Phi) is 3.34. The third-order valence-electron chi connectivity index (χ3n) is 1.72. The zero-order valence-electron chi connectivity index (χ0n) is 7.78. The first-order chi connectivity index (χ1) is 7.41. The van der Waals surface area contributed by atoms with Crippen LogP contribution < -0.4 is 0 Å². The number of rotatable bonds is 3. The summed E-state index contributed by atoms with van der Waals surface area (Å²) in [5.41, 5.74) is -1.02. The lowest BCUT2D eigenvalue weighted by molar-refractivity contribution is -0.131. The Morgan fingerprint density at radius 1 is 1.12 bits per heavy atom. The van der Waals surface area contributed by atoms with E-state index in [1.807, 2.05) is 0 Å². The number of hydrogen-bond donors (Lipinski definition) is 2. The van der Waals surface area contributed by atoms with Gasteiger partial charge in [0.1, 0.15) is 11.6 Å². The van der Waals surface area contributed by atoms with Gasteiger partial charge >= 0.3 is 11.9 Å². The smallest absolute Gasteiger partial charge is 0.338 e. The van der Waals surface area contributed by atoms with Crippen LogP contribution >= 0.6 is 0 Å². The molecule has 0 bridgehead atoms. The molecular formula is C10H6F2O4. The first-order valence-electron chi connectivity index (χ1n) is 4.05. The topological polar surface area (TPSA) is 74.6 Å². The number of halogens is 2. The van der Waals surface area contributed by atoms with Crippen molar-refractivity contribution in [3.05, 3.63) is 41.0 Å². The van der Waals surface area contributed by atoms with Crippen molar-refractivity contribution in [1.82, 2.24) is 0 Å². The van der Waals surface area contributed by atoms with Gasteiger partial charge in [0, 0.05) is 17.7 Å². The van der Waals surface area contributed by atoms with E-state index in [4.69, 9.17) is 10.2 Å². The Hall–Kier alpha value is -2.24. The molecule has 0 unspecified atom stereocenters. The summed E-state index contributed by atoms with van der Waals surface area (Å²) in [5, 5.41) is 16.9. The highest BCUT2D eigenvalue weighted by atomic mass is 19.1. The lowest BCUT2D eigenvalue weighted by atomic mass is 10.1. The van der Waals surface area contributed by atoms with Crippen LogP contribution in [0.25, 0.3) is 6.08 Å². The van der Waals surface area contributed by atoms with E-state index in [2.05, 4.69) is 0 Å². The molecule has 1 aromatic carbocycles. The van der Waals surface area contributed by atoms with Crippen molar-refractivity contribution in [2.75, 3.05) is 0 Å². The fourth-order valence-corrected chi connectivity index (χ4v) is 1.02. The zero-order chi connectivity index (χ0) is 12.3. The summed E-state index contributed by atoms with van der Waals surface area (Å²) in [6.07, 6.45) is 1.48. The molecule has 0 saturated heterocycles. The number of carboxylic acid groups (broad SMARTS) is 2. The first-order valence-corrected chi connectivity index (χ1v) is 4.05. The maximum absolute atomic E-state index is 13.1. The van der Waals surface area contributed by atoms with Crippen LogP contribution in [0.5, 0.6) is 0 Å². The van der Waals surface area contributed by atoms with Crippen LogP contribution in [-0.2, 0) is 4.79 Å². The molecule has 0 spiro atoms. The molecule has 6 heteroatoms. The molecule has 0 saturated carbocycles. The third-order valence-corrected chi connectivity index (χ3v) is 1.72. The largest absolute Gasteiger partial charge is 0.478 e. The molecular weight excluding hydrogens is 222 g/mol. The van der Waals surface area contributed by atoms with Crippen LogP contribution in [-0.4, -0.2) is 22.2 Å². The standard InChI is InChI=1S/C10H6F2O4/c11-7-4-8(12)6(10(15)16)3-5(7)1-2-9(13)14/h1-4H,(H,13,14)(H,15,16). The van der Waals surface area contributed by atoms with Crippen molar-refractivity contribution in [1.29, 1.82) is 0 Å². The summed E-state index contributed by atoms with van der Waals surface area (Å²) in [7, 11) is 0. The molecule has 1 aromatic rings. The lowest BCUT2D eigenvalue weighted by Gasteiger charge is -2.01. The summed E-state index contributed by atoms with van der Waals surface area (Å²) in [6, 6.07) is 1.12. The minimum Gasteiger partial charge on any atom is -0.478 e. The normalized spacial score (nSPS) is 10.6. The number of hydrogen-bond acceptors (Lipinski definition) is 2. The summed E-state index contributed by atoms with van der Waals surface area (Å²) in [5.74, 6) is -5.11. The molecule has 0 atom stereocenters. The van der Waals surface area contributed by atoms with Gasteiger partial charge in [-0.3, -0.25) is 0 Å². The van der Waals surface area contributed by atoms with Gasteiger partial charge in [-0.1, -0.05) is 0 Å². The minimum absolute atomic E-state index is 0.304. The highest BCUT2D eigenvalue weighted by Crippen LogP contribution is 2.16. The van der Waals surface area contributed by atoms with Gasteiger partial charge in [-0.05, 0) is 12.1 Å². The van der Waals surface area contributed by atoms with Crippen LogP contribution in [0.15, 0.2) is 18.2 Å². The Morgan fingerprint density at radius 3 is 2.25 bits per heavy atom. The molecule has 4 nitrogen and oxygen atoms in total. The lowest BCUT2D eigenvalue weighted by Crippen LogP contribution is -2.02. The Labute approximate surface area is 88.4 Å². The molecule has 0 fully saturated rings. The van der Waals surface area contributed by atoms with Crippen LogP contribution in [0.3, 0.4) is 0 Å². The second kappa shape index (κ2) is 4.52. The molecule has 0 aliphatic heterocycles. The molecule has 1 rings (SSSR count). The zero-order valence-corrected chi connectivity index (χ0v) is 7.78. The predicted molar refractivity (Wildman–Crippen MR) is 50.0 cm³/mol. The van der Waals surface area contributed by atoms with E-state index in [0.717, 1.165) is 12.1 Å². The van der Waals surface area contributed by atoms with Crippen molar-refractivity contribution >= 4 is 18.0 Å². The molecule has 0 aliphatic rings. The van der Waals surface area contributed by atoms with Gasteiger partial charge in [0.2, 0.25) is 0 Å². The van der Waals surface area contributed by atoms with Gasteiger partial charge < -0.3 is 10.2 Å². The van der Waals surface area contributed by atoms with Crippen molar-refractivity contribution < 1.29 is 28.6 Å². The SMILES string of the molecule is O=C(O)C=Cc1cc(C(=O)O)c(F)cc1F. The van der Waals surface area contributed by atoms with E-state index in [9.17, 15) is 18.4 Å². The van der Waals surface area contributed by atoms with Gasteiger partial charge in [-0.2, -0.15) is 0 Å². The van der Waals surface area contributed by atoms with Gasteiger partial charge in [-0.15, -0.1) is 0 Å². The number of carbonyl (C=O) groups is 2. The fraction of sp³-hybridized carbons (Fsp3) is 0. The number of benzene rings is 1. The van der Waals surface area contributed by atoms with E-state index >= 15 is 0 Å².